The van der Waals surface area contributed by atoms with Crippen LogP contribution in [0.3, 0.4) is 0 Å². The van der Waals surface area contributed by atoms with Crippen LogP contribution in [0.5, 0.6) is 0 Å². The van der Waals surface area contributed by atoms with Crippen LogP contribution < -0.4 is 5.32 Å². The minimum absolute atomic E-state index is 0.385. The number of rotatable bonds is 5. The lowest BCUT2D eigenvalue weighted by molar-refractivity contribution is 0.0731. The summed E-state index contributed by atoms with van der Waals surface area (Å²) in [5.41, 5.74) is 1.04. The summed E-state index contributed by atoms with van der Waals surface area (Å²) in [6, 6.07) is 2.17. The second kappa shape index (κ2) is 6.53. The Morgan fingerprint density at radius 2 is 2.05 bits per heavy atom. The highest BCUT2D eigenvalue weighted by Crippen LogP contribution is 2.28. The Bertz CT molecular complexity index is 546. The maximum Gasteiger partial charge on any atom is 0.252 e. The van der Waals surface area contributed by atoms with E-state index in [2.05, 4.69) is 19.2 Å². The van der Waals surface area contributed by atoms with Gasteiger partial charge in [-0.1, -0.05) is 13.8 Å². The van der Waals surface area contributed by atoms with Crippen molar-refractivity contribution in [1.82, 2.24) is 9.62 Å². The summed E-state index contributed by atoms with van der Waals surface area (Å²) >= 11 is 1.37. The molecule has 114 valence electrons. The molecule has 0 radical (unpaired) electrons. The minimum atomic E-state index is -3.36. The maximum atomic E-state index is 12.6. The zero-order valence-electron chi connectivity index (χ0n) is 12.2. The lowest BCUT2D eigenvalue weighted by Gasteiger charge is -2.25. The van der Waals surface area contributed by atoms with Crippen molar-refractivity contribution in [3.8, 4) is 0 Å². The average Bonchev–Trinajstić information content (AvgIpc) is 2.79. The van der Waals surface area contributed by atoms with Gasteiger partial charge in [0.25, 0.3) is 10.0 Å². The summed E-state index contributed by atoms with van der Waals surface area (Å²) in [5.74, 6) is 0. The van der Waals surface area contributed by atoms with E-state index in [4.69, 9.17) is 4.74 Å². The smallest absolute Gasteiger partial charge is 0.252 e. The number of hydrogen-bond donors (Lipinski definition) is 1. The molecule has 0 aromatic carbocycles. The fraction of sp³-hybridized carbons (Fsp3) is 0.692. The van der Waals surface area contributed by atoms with Gasteiger partial charge in [0.2, 0.25) is 0 Å². The van der Waals surface area contributed by atoms with Crippen LogP contribution in [0.1, 0.15) is 24.3 Å². The van der Waals surface area contributed by atoms with Crippen molar-refractivity contribution in [2.45, 2.75) is 37.6 Å². The Hall–Kier alpha value is -0.470. The Morgan fingerprint density at radius 1 is 1.40 bits per heavy atom. The summed E-state index contributed by atoms with van der Waals surface area (Å²) < 4.78 is 32.3. The van der Waals surface area contributed by atoms with Crippen LogP contribution in [-0.2, 0) is 21.3 Å². The number of morpholine rings is 1. The van der Waals surface area contributed by atoms with Gasteiger partial charge in [-0.05, 0) is 18.6 Å². The Labute approximate surface area is 125 Å². The topological polar surface area (TPSA) is 58.6 Å². The third kappa shape index (κ3) is 3.59. The van der Waals surface area contributed by atoms with E-state index in [1.807, 2.05) is 6.92 Å². The van der Waals surface area contributed by atoms with E-state index in [1.165, 1.54) is 15.6 Å². The van der Waals surface area contributed by atoms with Gasteiger partial charge in [-0.25, -0.2) is 8.42 Å². The maximum absolute atomic E-state index is 12.6. The number of nitrogens with one attached hydrogen (secondary N) is 1. The van der Waals surface area contributed by atoms with Crippen LogP contribution in [0, 0.1) is 6.92 Å². The summed E-state index contributed by atoms with van der Waals surface area (Å²) in [4.78, 5) is 1.09. The van der Waals surface area contributed by atoms with E-state index in [-0.39, 0.29) is 0 Å². The van der Waals surface area contributed by atoms with Gasteiger partial charge in [0.15, 0.2) is 0 Å². The minimum Gasteiger partial charge on any atom is -0.379 e. The summed E-state index contributed by atoms with van der Waals surface area (Å²) in [7, 11) is -3.36. The molecule has 1 aliphatic heterocycles. The Morgan fingerprint density at radius 3 is 2.65 bits per heavy atom. The van der Waals surface area contributed by atoms with E-state index in [0.29, 0.717) is 43.1 Å². The molecule has 0 unspecified atom stereocenters. The number of nitrogens with zero attached hydrogens (tertiary/aromatic N) is 1. The molecule has 0 spiro atoms. The number of ether oxygens (including phenoxy) is 1. The predicted molar refractivity (Wildman–Crippen MR) is 80.6 cm³/mol. The van der Waals surface area contributed by atoms with Crippen molar-refractivity contribution in [3.05, 3.63) is 16.5 Å². The van der Waals surface area contributed by atoms with Crippen LogP contribution >= 0.6 is 11.3 Å². The van der Waals surface area contributed by atoms with Crippen LogP contribution in [0.2, 0.25) is 0 Å². The van der Waals surface area contributed by atoms with Crippen LogP contribution in [0.25, 0.3) is 0 Å². The molecular weight excluding hydrogens is 296 g/mol. The highest BCUT2D eigenvalue weighted by molar-refractivity contribution is 7.91. The van der Waals surface area contributed by atoms with Gasteiger partial charge >= 0.3 is 0 Å². The molecule has 2 rings (SSSR count). The third-order valence-electron chi connectivity index (χ3n) is 3.23. The molecule has 1 aliphatic rings. The highest BCUT2D eigenvalue weighted by atomic mass is 32.2. The van der Waals surface area contributed by atoms with Gasteiger partial charge in [0.1, 0.15) is 4.21 Å². The molecule has 5 nitrogen and oxygen atoms in total. The van der Waals surface area contributed by atoms with Gasteiger partial charge in [-0.2, -0.15) is 4.31 Å². The molecule has 0 aliphatic carbocycles. The second-order valence-electron chi connectivity index (χ2n) is 5.22. The molecule has 0 amide bonds. The molecule has 1 saturated heterocycles. The van der Waals surface area contributed by atoms with Gasteiger partial charge < -0.3 is 10.1 Å². The molecule has 7 heteroatoms. The largest absolute Gasteiger partial charge is 0.379 e. The van der Waals surface area contributed by atoms with E-state index in [0.717, 1.165) is 10.4 Å². The van der Waals surface area contributed by atoms with Crippen molar-refractivity contribution in [1.29, 1.82) is 0 Å². The average molecular weight is 318 g/mol. The number of thiophene rings is 1. The normalized spacial score (nSPS) is 17.8. The zero-order chi connectivity index (χ0) is 14.8. The highest BCUT2D eigenvalue weighted by Gasteiger charge is 2.28. The van der Waals surface area contributed by atoms with Gasteiger partial charge in [0, 0.05) is 30.6 Å². The summed E-state index contributed by atoms with van der Waals surface area (Å²) in [5, 5.41) is 3.33. The number of sulfonamides is 1. The van der Waals surface area contributed by atoms with Crippen LogP contribution in [0.15, 0.2) is 10.3 Å². The molecule has 1 aromatic heterocycles. The number of aryl methyl sites for hydroxylation is 1. The molecule has 20 heavy (non-hydrogen) atoms. The molecular formula is C13H22N2O3S2. The van der Waals surface area contributed by atoms with Gasteiger partial charge in [0.05, 0.1) is 13.2 Å². The van der Waals surface area contributed by atoms with Crippen LogP contribution in [0.4, 0.5) is 0 Å². The third-order valence-corrected chi connectivity index (χ3v) is 6.82. The summed E-state index contributed by atoms with van der Waals surface area (Å²) in [6.45, 7) is 8.68. The molecule has 0 bridgehead atoms. The van der Waals surface area contributed by atoms with Crippen molar-refractivity contribution >= 4 is 21.4 Å². The van der Waals surface area contributed by atoms with E-state index in [1.54, 1.807) is 6.07 Å². The van der Waals surface area contributed by atoms with E-state index in [9.17, 15) is 8.42 Å². The molecule has 0 saturated carbocycles. The van der Waals surface area contributed by atoms with Crippen LogP contribution in [-0.4, -0.2) is 45.1 Å². The van der Waals surface area contributed by atoms with Gasteiger partial charge in [-0.15, -0.1) is 11.3 Å². The molecule has 2 heterocycles. The lowest BCUT2D eigenvalue weighted by atomic mass is 10.3. The fourth-order valence-electron chi connectivity index (χ4n) is 2.00. The first-order chi connectivity index (χ1) is 9.41. The first-order valence-corrected chi connectivity index (χ1v) is 9.07. The predicted octanol–water partition coefficient (Wildman–Crippen LogP) is 1.58. The van der Waals surface area contributed by atoms with E-state index < -0.39 is 10.0 Å². The van der Waals surface area contributed by atoms with Crippen molar-refractivity contribution < 1.29 is 13.2 Å². The SMILES string of the molecule is Cc1cc(S(=O)(=O)N2CCOCC2)sc1CNC(C)C. The fourth-order valence-corrected chi connectivity index (χ4v) is 5.11. The zero-order valence-corrected chi connectivity index (χ0v) is 13.8. The van der Waals surface area contributed by atoms with E-state index >= 15 is 0 Å². The standard InChI is InChI=1S/C13H22N2O3S2/c1-10(2)14-9-12-11(3)8-13(19-12)20(16,17)15-4-6-18-7-5-15/h8,10,14H,4-7,9H2,1-3H3. The Kier molecular flexibility index (Phi) is 5.19. The number of hydrogen-bond acceptors (Lipinski definition) is 5. The monoisotopic (exact) mass is 318 g/mol. The van der Waals surface area contributed by atoms with Crippen molar-refractivity contribution in [3.63, 3.8) is 0 Å². The second-order valence-corrected chi connectivity index (χ2v) is 8.53. The molecule has 1 aromatic rings. The molecule has 1 fully saturated rings. The lowest BCUT2D eigenvalue weighted by Crippen LogP contribution is -2.40. The summed E-state index contributed by atoms with van der Waals surface area (Å²) in [6.07, 6.45) is 0. The Balaban J connectivity index is 2.17. The van der Waals surface area contributed by atoms with Crippen molar-refractivity contribution in [2.24, 2.45) is 0 Å². The first-order valence-electron chi connectivity index (χ1n) is 6.82. The van der Waals surface area contributed by atoms with Crippen molar-refractivity contribution in [2.75, 3.05) is 26.3 Å². The quantitative estimate of drug-likeness (QED) is 0.895. The van der Waals surface area contributed by atoms with Gasteiger partial charge in [-0.3, -0.25) is 0 Å². The first kappa shape index (κ1) is 15.9. The molecule has 0 atom stereocenters. The molecule has 1 N–H and O–H groups in total.